The molecule has 94 valence electrons. The van der Waals surface area contributed by atoms with Gasteiger partial charge in [-0.05, 0) is 24.6 Å². The molecule has 5 heteroatoms. The monoisotopic (exact) mass is 244 g/mol. The zero-order chi connectivity index (χ0) is 13.1. The molecule has 5 nitrogen and oxygen atoms in total. The van der Waals surface area contributed by atoms with Crippen LogP contribution in [0.15, 0.2) is 30.6 Å². The molecule has 3 N–H and O–H groups in total. The van der Waals surface area contributed by atoms with Crippen molar-refractivity contribution in [1.82, 2.24) is 14.9 Å². The number of benzene rings is 1. The van der Waals surface area contributed by atoms with E-state index in [4.69, 9.17) is 5.73 Å². The summed E-state index contributed by atoms with van der Waals surface area (Å²) in [5.41, 5.74) is 7.93. The maximum absolute atomic E-state index is 11.9. The van der Waals surface area contributed by atoms with Gasteiger partial charge in [-0.25, -0.2) is 4.98 Å². The molecule has 1 aromatic carbocycles. The highest BCUT2D eigenvalue weighted by atomic mass is 16.1. The molecule has 0 aliphatic rings. The number of carbonyl (C=O) groups excluding carboxylic acids is 1. The molecular formula is C13H16N4O. The first-order valence-corrected chi connectivity index (χ1v) is 5.68. The highest BCUT2D eigenvalue weighted by Crippen LogP contribution is 2.12. The quantitative estimate of drug-likeness (QED) is 0.798. The Kier molecular flexibility index (Phi) is 3.32. The van der Waals surface area contributed by atoms with Gasteiger partial charge in [0.25, 0.3) is 5.91 Å². The van der Waals surface area contributed by atoms with Crippen molar-refractivity contribution in [2.24, 2.45) is 7.05 Å². The summed E-state index contributed by atoms with van der Waals surface area (Å²) in [6, 6.07) is 5.29. The van der Waals surface area contributed by atoms with Gasteiger partial charge in [0, 0.05) is 30.7 Å². The molecule has 0 fully saturated rings. The molecule has 0 aliphatic carbocycles. The zero-order valence-electron chi connectivity index (χ0n) is 10.5. The smallest absolute Gasteiger partial charge is 0.251 e. The number of aromatic nitrogens is 2. The van der Waals surface area contributed by atoms with Crippen molar-refractivity contribution in [3.8, 4) is 0 Å². The van der Waals surface area contributed by atoms with Gasteiger partial charge in [0.05, 0.1) is 6.54 Å². The number of nitrogens with two attached hydrogens (primary N) is 1. The predicted molar refractivity (Wildman–Crippen MR) is 70.0 cm³/mol. The maximum atomic E-state index is 11.9. The summed E-state index contributed by atoms with van der Waals surface area (Å²) >= 11 is 0. The Bertz CT molecular complexity index is 574. The van der Waals surface area contributed by atoms with Crippen molar-refractivity contribution in [3.05, 3.63) is 47.5 Å². The van der Waals surface area contributed by atoms with Crippen LogP contribution in [0.3, 0.4) is 0 Å². The largest absolute Gasteiger partial charge is 0.398 e. The number of nitrogens with one attached hydrogen (secondary N) is 1. The van der Waals surface area contributed by atoms with Crippen molar-refractivity contribution in [3.63, 3.8) is 0 Å². The summed E-state index contributed by atoms with van der Waals surface area (Å²) in [6.45, 7) is 2.31. The number of carbonyl (C=O) groups is 1. The van der Waals surface area contributed by atoms with E-state index < -0.39 is 0 Å². The van der Waals surface area contributed by atoms with Gasteiger partial charge in [0.2, 0.25) is 0 Å². The number of aryl methyl sites for hydroxylation is 2. The van der Waals surface area contributed by atoms with E-state index in [-0.39, 0.29) is 5.91 Å². The van der Waals surface area contributed by atoms with Gasteiger partial charge < -0.3 is 15.6 Å². The second kappa shape index (κ2) is 4.91. The third-order valence-electron chi connectivity index (χ3n) is 2.87. The molecule has 0 saturated heterocycles. The first kappa shape index (κ1) is 12.2. The van der Waals surface area contributed by atoms with Gasteiger partial charge >= 0.3 is 0 Å². The van der Waals surface area contributed by atoms with E-state index >= 15 is 0 Å². The summed E-state index contributed by atoms with van der Waals surface area (Å²) in [4.78, 5) is 16.0. The summed E-state index contributed by atoms with van der Waals surface area (Å²) in [5, 5.41) is 2.81. The lowest BCUT2D eigenvalue weighted by Crippen LogP contribution is -2.24. The van der Waals surface area contributed by atoms with E-state index in [2.05, 4.69) is 10.3 Å². The Morgan fingerprint density at radius 3 is 2.89 bits per heavy atom. The first-order valence-electron chi connectivity index (χ1n) is 5.68. The Morgan fingerprint density at radius 1 is 1.50 bits per heavy atom. The molecule has 0 aliphatic heterocycles. The lowest BCUT2D eigenvalue weighted by molar-refractivity contribution is 0.0949. The number of anilines is 1. The fraction of sp³-hybridized carbons (Fsp3) is 0.231. The minimum absolute atomic E-state index is 0.148. The van der Waals surface area contributed by atoms with Gasteiger partial charge in [-0.1, -0.05) is 6.07 Å². The third kappa shape index (κ3) is 2.51. The van der Waals surface area contributed by atoms with Crippen molar-refractivity contribution in [1.29, 1.82) is 0 Å². The third-order valence-corrected chi connectivity index (χ3v) is 2.87. The second-order valence-corrected chi connectivity index (χ2v) is 4.21. The molecule has 0 spiro atoms. The highest BCUT2D eigenvalue weighted by molar-refractivity contribution is 5.95. The maximum Gasteiger partial charge on any atom is 0.251 e. The number of imidazole rings is 1. The van der Waals surface area contributed by atoms with Crippen LogP contribution in [-0.2, 0) is 13.6 Å². The van der Waals surface area contributed by atoms with E-state index in [9.17, 15) is 4.79 Å². The molecule has 0 bridgehead atoms. The van der Waals surface area contributed by atoms with Crippen molar-refractivity contribution < 1.29 is 4.79 Å². The van der Waals surface area contributed by atoms with E-state index in [1.54, 1.807) is 18.3 Å². The molecule has 0 unspecified atom stereocenters. The molecule has 0 radical (unpaired) electrons. The van der Waals surface area contributed by atoms with Crippen LogP contribution in [0.4, 0.5) is 5.69 Å². The first-order chi connectivity index (χ1) is 8.58. The average molecular weight is 244 g/mol. The average Bonchev–Trinajstić information content (AvgIpc) is 2.75. The highest BCUT2D eigenvalue weighted by Gasteiger charge is 2.07. The number of hydrogen-bond donors (Lipinski definition) is 2. The molecule has 2 rings (SSSR count). The summed E-state index contributed by atoms with van der Waals surface area (Å²) in [5.74, 6) is 0.660. The number of nitrogen functional groups attached to an aromatic ring is 1. The summed E-state index contributed by atoms with van der Waals surface area (Å²) in [6.07, 6.45) is 3.54. The molecular weight excluding hydrogens is 228 g/mol. The fourth-order valence-electron chi connectivity index (χ4n) is 1.61. The Balaban J connectivity index is 2.04. The van der Waals surface area contributed by atoms with E-state index in [1.165, 1.54) is 0 Å². The van der Waals surface area contributed by atoms with Crippen LogP contribution in [0, 0.1) is 6.92 Å². The van der Waals surface area contributed by atoms with Crippen LogP contribution in [0.1, 0.15) is 21.7 Å². The predicted octanol–water partition coefficient (Wildman–Crippen LogP) is 1.24. The van der Waals surface area contributed by atoms with Crippen LogP contribution < -0.4 is 11.1 Å². The van der Waals surface area contributed by atoms with E-state index in [1.807, 2.05) is 30.8 Å². The SMILES string of the molecule is Cc1ccc(C(=O)NCc2nccn2C)cc1N. The second-order valence-electron chi connectivity index (χ2n) is 4.21. The van der Waals surface area contributed by atoms with Gasteiger partial charge in [0.15, 0.2) is 0 Å². The summed E-state index contributed by atoms with van der Waals surface area (Å²) in [7, 11) is 1.89. The Morgan fingerprint density at radius 2 is 2.28 bits per heavy atom. The number of nitrogens with zero attached hydrogens (tertiary/aromatic N) is 2. The van der Waals surface area contributed by atoms with Crippen LogP contribution in [-0.4, -0.2) is 15.5 Å². The molecule has 18 heavy (non-hydrogen) atoms. The van der Waals surface area contributed by atoms with Gasteiger partial charge in [-0.2, -0.15) is 0 Å². The zero-order valence-corrected chi connectivity index (χ0v) is 10.5. The Hall–Kier alpha value is -2.30. The standard InChI is InChI=1S/C13H16N4O/c1-9-3-4-10(7-11(9)14)13(18)16-8-12-15-5-6-17(12)2/h3-7H,8,14H2,1-2H3,(H,16,18). The van der Waals surface area contributed by atoms with Gasteiger partial charge in [-0.3, -0.25) is 4.79 Å². The lowest BCUT2D eigenvalue weighted by Gasteiger charge is -2.07. The van der Waals surface area contributed by atoms with Crippen molar-refractivity contribution >= 4 is 11.6 Å². The van der Waals surface area contributed by atoms with Crippen LogP contribution in [0.2, 0.25) is 0 Å². The normalized spacial score (nSPS) is 10.3. The molecule has 1 heterocycles. The van der Waals surface area contributed by atoms with E-state index in [0.29, 0.717) is 17.8 Å². The Labute approximate surface area is 106 Å². The van der Waals surface area contributed by atoms with Crippen LogP contribution >= 0.6 is 0 Å². The minimum atomic E-state index is -0.148. The van der Waals surface area contributed by atoms with E-state index in [0.717, 1.165) is 11.4 Å². The van der Waals surface area contributed by atoms with Crippen molar-refractivity contribution in [2.75, 3.05) is 5.73 Å². The molecule has 1 amide bonds. The topological polar surface area (TPSA) is 72.9 Å². The molecule has 0 atom stereocenters. The van der Waals surface area contributed by atoms with Crippen molar-refractivity contribution in [2.45, 2.75) is 13.5 Å². The van der Waals surface area contributed by atoms with Crippen LogP contribution in [0.5, 0.6) is 0 Å². The number of hydrogen-bond acceptors (Lipinski definition) is 3. The molecule has 2 aromatic rings. The lowest BCUT2D eigenvalue weighted by atomic mass is 10.1. The minimum Gasteiger partial charge on any atom is -0.398 e. The van der Waals surface area contributed by atoms with Gasteiger partial charge in [-0.15, -0.1) is 0 Å². The summed E-state index contributed by atoms with van der Waals surface area (Å²) < 4.78 is 1.86. The fourth-order valence-corrected chi connectivity index (χ4v) is 1.61. The number of amides is 1. The van der Waals surface area contributed by atoms with Gasteiger partial charge in [0.1, 0.15) is 5.82 Å². The molecule has 0 saturated carbocycles. The van der Waals surface area contributed by atoms with Crippen LogP contribution in [0.25, 0.3) is 0 Å². The molecule has 1 aromatic heterocycles. The number of rotatable bonds is 3.